The molecule has 3 heterocycles. The van der Waals surface area contributed by atoms with Crippen LogP contribution in [0.5, 0.6) is 0 Å². The van der Waals surface area contributed by atoms with E-state index in [2.05, 4.69) is 193 Å². The number of nitrogens with zero attached hydrogens (tertiary/aromatic N) is 4. The summed E-state index contributed by atoms with van der Waals surface area (Å²) in [6.45, 7) is 0. The molecule has 0 unspecified atom stereocenters. The van der Waals surface area contributed by atoms with E-state index < -0.39 is 0 Å². The largest absolute Gasteiger partial charge is 0.456 e. The van der Waals surface area contributed by atoms with Crippen molar-refractivity contribution in [3.05, 3.63) is 206 Å². The van der Waals surface area contributed by atoms with Crippen molar-refractivity contribution in [2.24, 2.45) is 0 Å². The van der Waals surface area contributed by atoms with Gasteiger partial charge in [0, 0.05) is 44.3 Å². The molecule has 13 rings (SSSR count). The number of rotatable bonds is 5. The number of aromatic nitrogens is 4. The Morgan fingerprint density at radius 2 is 0.919 bits per heavy atom. The van der Waals surface area contributed by atoms with Gasteiger partial charge >= 0.3 is 0 Å². The van der Waals surface area contributed by atoms with Crippen LogP contribution in [0.4, 0.5) is 0 Å². The summed E-state index contributed by atoms with van der Waals surface area (Å²) in [4.78, 5) is 16.0. The van der Waals surface area contributed by atoms with Crippen LogP contribution in [0.3, 0.4) is 0 Å². The Kier molecular flexibility index (Phi) is 7.54. The molecule has 0 bridgehead atoms. The Bertz CT molecular complexity index is 3920. The zero-order valence-corrected chi connectivity index (χ0v) is 33.3. The molecular formula is C57H34N4O. The van der Waals surface area contributed by atoms with Crippen molar-refractivity contribution in [1.82, 2.24) is 19.5 Å². The standard InChI is InChI=1S/C57H34N4O/c1-2-12-35(13-3-1)36-22-25-38(26-23-36)55-58-56(42-28-29-45-41(30-42)27-24-37-14-6-7-17-44(37)45)60-57(59-55)49-33-43(34-53-54(49)47-19-9-11-21-52(47)62-53)61-50-20-10-8-18-46(50)48-31-39-15-4-5-16-40(39)32-51(48)61/h1-34H. The number of para-hydroxylation sites is 2. The summed E-state index contributed by atoms with van der Waals surface area (Å²) in [5, 5.41) is 11.5. The molecule has 0 radical (unpaired) electrons. The second kappa shape index (κ2) is 13.6. The SMILES string of the molecule is c1ccc(-c2ccc(-c3nc(-c4ccc5c(ccc6ccccc65)c4)nc(-c4cc(-n5c6ccccc6c6cc7ccccc7cc65)cc5oc6ccccc6c45)n3)cc2)cc1. The fourth-order valence-corrected chi connectivity index (χ4v) is 9.43. The average molecular weight is 791 g/mol. The van der Waals surface area contributed by atoms with Crippen LogP contribution in [-0.4, -0.2) is 19.5 Å². The van der Waals surface area contributed by atoms with Gasteiger partial charge in [-0.1, -0.05) is 164 Å². The van der Waals surface area contributed by atoms with Crippen LogP contribution >= 0.6 is 0 Å². The number of benzene rings is 10. The molecule has 0 aliphatic rings. The van der Waals surface area contributed by atoms with Crippen molar-refractivity contribution in [3.8, 4) is 51.0 Å². The third-order valence-corrected chi connectivity index (χ3v) is 12.4. The highest BCUT2D eigenvalue weighted by atomic mass is 16.3. The molecule has 0 saturated heterocycles. The Morgan fingerprint density at radius 3 is 1.76 bits per heavy atom. The first-order chi connectivity index (χ1) is 30.7. The van der Waals surface area contributed by atoms with E-state index in [1.165, 1.54) is 37.7 Å². The summed E-state index contributed by atoms with van der Waals surface area (Å²) < 4.78 is 9.08. The maximum Gasteiger partial charge on any atom is 0.164 e. The monoisotopic (exact) mass is 790 g/mol. The van der Waals surface area contributed by atoms with Crippen molar-refractivity contribution in [2.75, 3.05) is 0 Å². The molecule has 5 heteroatoms. The summed E-state index contributed by atoms with van der Waals surface area (Å²) in [5.41, 5.74) is 9.72. The summed E-state index contributed by atoms with van der Waals surface area (Å²) >= 11 is 0. The molecule has 62 heavy (non-hydrogen) atoms. The lowest BCUT2D eigenvalue weighted by Gasteiger charge is -2.13. The van der Waals surface area contributed by atoms with Gasteiger partial charge in [-0.3, -0.25) is 0 Å². The molecule has 0 N–H and O–H groups in total. The third kappa shape index (κ3) is 5.45. The molecule has 0 fully saturated rings. The van der Waals surface area contributed by atoms with Gasteiger partial charge in [0.2, 0.25) is 0 Å². The van der Waals surface area contributed by atoms with Gasteiger partial charge in [-0.2, -0.15) is 0 Å². The summed E-state index contributed by atoms with van der Waals surface area (Å²) in [6.07, 6.45) is 0. The molecule has 10 aromatic carbocycles. The van der Waals surface area contributed by atoms with Gasteiger partial charge < -0.3 is 8.98 Å². The molecular weight excluding hydrogens is 757 g/mol. The minimum absolute atomic E-state index is 0.570. The Balaban J connectivity index is 1.08. The highest BCUT2D eigenvalue weighted by molar-refractivity contribution is 6.16. The van der Waals surface area contributed by atoms with E-state index in [4.69, 9.17) is 19.4 Å². The van der Waals surface area contributed by atoms with E-state index in [9.17, 15) is 0 Å². The zero-order chi connectivity index (χ0) is 40.7. The predicted molar refractivity (Wildman–Crippen MR) is 256 cm³/mol. The topological polar surface area (TPSA) is 56.7 Å². The fraction of sp³-hybridized carbons (Fsp3) is 0. The molecule has 0 saturated carbocycles. The van der Waals surface area contributed by atoms with E-state index in [1.807, 2.05) is 18.2 Å². The first-order valence-corrected chi connectivity index (χ1v) is 20.9. The smallest absolute Gasteiger partial charge is 0.164 e. The van der Waals surface area contributed by atoms with E-state index in [-0.39, 0.29) is 0 Å². The van der Waals surface area contributed by atoms with Gasteiger partial charge in [0.1, 0.15) is 11.2 Å². The van der Waals surface area contributed by atoms with Crippen molar-refractivity contribution < 1.29 is 4.42 Å². The van der Waals surface area contributed by atoms with Crippen molar-refractivity contribution >= 4 is 76.1 Å². The van der Waals surface area contributed by atoms with Gasteiger partial charge in [-0.25, -0.2) is 15.0 Å². The first kappa shape index (κ1) is 34.5. The molecule has 0 atom stereocenters. The molecule has 13 aromatic rings. The van der Waals surface area contributed by atoms with Crippen molar-refractivity contribution in [3.63, 3.8) is 0 Å². The summed E-state index contributed by atoms with van der Waals surface area (Å²) in [6, 6.07) is 72.8. The predicted octanol–water partition coefficient (Wildman–Crippen LogP) is 15.0. The third-order valence-electron chi connectivity index (χ3n) is 12.4. The summed E-state index contributed by atoms with van der Waals surface area (Å²) in [5.74, 6) is 1.76. The molecule has 0 amide bonds. The number of hydrogen-bond donors (Lipinski definition) is 0. The van der Waals surface area contributed by atoms with Crippen LogP contribution < -0.4 is 0 Å². The van der Waals surface area contributed by atoms with Gasteiger partial charge in [-0.05, 0) is 79.8 Å². The van der Waals surface area contributed by atoms with Crippen LogP contribution in [-0.2, 0) is 0 Å². The van der Waals surface area contributed by atoms with Crippen LogP contribution in [0.2, 0.25) is 0 Å². The van der Waals surface area contributed by atoms with Crippen molar-refractivity contribution in [2.45, 2.75) is 0 Å². The van der Waals surface area contributed by atoms with Crippen LogP contribution in [0.15, 0.2) is 211 Å². The van der Waals surface area contributed by atoms with Crippen molar-refractivity contribution in [1.29, 1.82) is 0 Å². The number of furan rings is 1. The number of hydrogen-bond acceptors (Lipinski definition) is 4. The quantitative estimate of drug-likeness (QED) is 0.163. The highest BCUT2D eigenvalue weighted by Gasteiger charge is 2.22. The van der Waals surface area contributed by atoms with E-state index in [1.54, 1.807) is 0 Å². The van der Waals surface area contributed by atoms with Gasteiger partial charge in [0.25, 0.3) is 0 Å². The molecule has 0 aliphatic heterocycles. The first-order valence-electron chi connectivity index (χ1n) is 20.9. The molecule has 288 valence electrons. The molecule has 5 nitrogen and oxygen atoms in total. The zero-order valence-electron chi connectivity index (χ0n) is 33.3. The molecule has 3 aromatic heterocycles. The second-order valence-corrected chi connectivity index (χ2v) is 16.0. The highest BCUT2D eigenvalue weighted by Crippen LogP contribution is 2.42. The minimum atomic E-state index is 0.570. The van der Waals surface area contributed by atoms with Crippen LogP contribution in [0.25, 0.3) is 127 Å². The van der Waals surface area contributed by atoms with Gasteiger partial charge in [0.15, 0.2) is 17.5 Å². The maximum atomic E-state index is 6.73. The average Bonchev–Trinajstić information content (AvgIpc) is 3.88. The van der Waals surface area contributed by atoms with Gasteiger partial charge in [-0.15, -0.1) is 0 Å². The Hall–Kier alpha value is -8.41. The van der Waals surface area contributed by atoms with E-state index in [0.29, 0.717) is 17.5 Å². The molecule has 0 aliphatic carbocycles. The van der Waals surface area contributed by atoms with Gasteiger partial charge in [0.05, 0.1) is 16.7 Å². The van der Waals surface area contributed by atoms with Crippen LogP contribution in [0.1, 0.15) is 0 Å². The Morgan fingerprint density at radius 1 is 0.323 bits per heavy atom. The van der Waals surface area contributed by atoms with E-state index >= 15 is 0 Å². The maximum absolute atomic E-state index is 6.73. The lowest BCUT2D eigenvalue weighted by molar-refractivity contribution is 0.668. The van der Waals surface area contributed by atoms with Crippen LogP contribution in [0, 0.1) is 0 Å². The fourth-order valence-electron chi connectivity index (χ4n) is 9.43. The summed E-state index contributed by atoms with van der Waals surface area (Å²) in [7, 11) is 0. The van der Waals surface area contributed by atoms with E-state index in [0.717, 1.165) is 71.9 Å². The minimum Gasteiger partial charge on any atom is -0.456 e. The number of fused-ring (bicyclic) bond motifs is 10. The normalized spacial score (nSPS) is 11.9. The lowest BCUT2D eigenvalue weighted by Crippen LogP contribution is -2.02. The Labute approximate surface area is 355 Å². The molecule has 0 spiro atoms. The second-order valence-electron chi connectivity index (χ2n) is 16.0. The lowest BCUT2D eigenvalue weighted by atomic mass is 10.00.